The van der Waals surface area contributed by atoms with E-state index in [2.05, 4.69) is 4.99 Å². The van der Waals surface area contributed by atoms with Gasteiger partial charge in [0.15, 0.2) is 0 Å². The van der Waals surface area contributed by atoms with Gasteiger partial charge in [0.2, 0.25) is 0 Å². The van der Waals surface area contributed by atoms with Crippen molar-refractivity contribution in [2.45, 2.75) is 25.2 Å². The van der Waals surface area contributed by atoms with Crippen molar-refractivity contribution in [1.82, 2.24) is 0 Å². The van der Waals surface area contributed by atoms with Gasteiger partial charge in [0.25, 0.3) is 0 Å². The number of aliphatic hydroxyl groups is 3. The predicted molar refractivity (Wildman–Crippen MR) is 54.4 cm³/mol. The van der Waals surface area contributed by atoms with Gasteiger partial charge in [0.1, 0.15) is 18.3 Å². The molecule has 0 unspecified atom stereocenters. The average molecular weight is 221 g/mol. The molecule has 6 heteroatoms. The van der Waals surface area contributed by atoms with Crippen molar-refractivity contribution >= 4 is 16.8 Å². The lowest BCUT2D eigenvalue weighted by molar-refractivity contribution is -0.0925. The second-order valence-corrected chi connectivity index (χ2v) is 4.18. The molecule has 82 valence electrons. The SMILES string of the molecule is CC1=NC[C@@H](O)[C@H](O)[C@@H](CO)OCS1. The van der Waals surface area contributed by atoms with Gasteiger partial charge in [-0.05, 0) is 6.92 Å². The van der Waals surface area contributed by atoms with Crippen LogP contribution in [-0.2, 0) is 4.74 Å². The van der Waals surface area contributed by atoms with E-state index in [1.807, 2.05) is 6.92 Å². The summed E-state index contributed by atoms with van der Waals surface area (Å²) in [5, 5.41) is 28.7. The van der Waals surface area contributed by atoms with Gasteiger partial charge >= 0.3 is 0 Å². The number of rotatable bonds is 1. The largest absolute Gasteiger partial charge is 0.394 e. The first-order chi connectivity index (χ1) is 6.65. The molecule has 0 saturated carbocycles. The maximum absolute atomic E-state index is 9.54. The van der Waals surface area contributed by atoms with Gasteiger partial charge in [-0.3, -0.25) is 4.99 Å². The molecule has 1 rings (SSSR count). The minimum Gasteiger partial charge on any atom is -0.394 e. The fraction of sp³-hybridized carbons (Fsp3) is 0.875. The monoisotopic (exact) mass is 221 g/mol. The number of aliphatic hydroxyl groups excluding tert-OH is 3. The van der Waals surface area contributed by atoms with Gasteiger partial charge in [0, 0.05) is 0 Å². The van der Waals surface area contributed by atoms with Crippen molar-refractivity contribution in [1.29, 1.82) is 0 Å². The summed E-state index contributed by atoms with van der Waals surface area (Å²) in [5.41, 5.74) is 0. The first-order valence-electron chi connectivity index (χ1n) is 4.37. The zero-order valence-corrected chi connectivity index (χ0v) is 8.78. The first-order valence-corrected chi connectivity index (χ1v) is 5.36. The summed E-state index contributed by atoms with van der Waals surface area (Å²) in [7, 11) is 0. The summed E-state index contributed by atoms with van der Waals surface area (Å²) in [6.45, 7) is 1.64. The Labute approximate surface area is 86.8 Å². The van der Waals surface area contributed by atoms with Crippen molar-refractivity contribution in [2.24, 2.45) is 4.99 Å². The minimum atomic E-state index is -1.09. The highest BCUT2D eigenvalue weighted by Crippen LogP contribution is 2.13. The summed E-state index contributed by atoms with van der Waals surface area (Å²) in [6, 6.07) is 0. The van der Waals surface area contributed by atoms with E-state index >= 15 is 0 Å². The van der Waals surface area contributed by atoms with Crippen LogP contribution in [0.3, 0.4) is 0 Å². The van der Waals surface area contributed by atoms with Gasteiger partial charge in [0.05, 0.1) is 24.1 Å². The molecule has 0 fully saturated rings. The lowest BCUT2D eigenvalue weighted by Gasteiger charge is -2.23. The van der Waals surface area contributed by atoms with E-state index in [1.54, 1.807) is 0 Å². The number of aliphatic imine (C=N–C) groups is 1. The molecule has 0 spiro atoms. The Hall–Kier alpha value is -0.140. The van der Waals surface area contributed by atoms with Gasteiger partial charge in [-0.25, -0.2) is 0 Å². The third-order valence-corrected chi connectivity index (χ3v) is 2.81. The first kappa shape index (κ1) is 11.9. The average Bonchev–Trinajstić information content (AvgIpc) is 2.23. The third kappa shape index (κ3) is 3.21. The Morgan fingerprint density at radius 1 is 1.57 bits per heavy atom. The van der Waals surface area contributed by atoms with E-state index in [0.717, 1.165) is 5.04 Å². The van der Waals surface area contributed by atoms with Gasteiger partial charge in [-0.2, -0.15) is 0 Å². The Bertz CT molecular complexity index is 212. The minimum absolute atomic E-state index is 0.139. The standard InChI is InChI=1S/C8H15NO4S/c1-5-9-2-6(11)8(12)7(3-10)13-4-14-5/h6-8,10-12H,2-4H2,1H3/t6-,7-,8+/m1/s1. The molecule has 3 atom stereocenters. The Morgan fingerprint density at radius 2 is 2.29 bits per heavy atom. The molecule has 1 aliphatic heterocycles. The van der Waals surface area contributed by atoms with E-state index in [1.165, 1.54) is 11.8 Å². The van der Waals surface area contributed by atoms with E-state index in [0.29, 0.717) is 5.94 Å². The van der Waals surface area contributed by atoms with Crippen LogP contribution in [-0.4, -0.2) is 57.8 Å². The van der Waals surface area contributed by atoms with Crippen LogP contribution in [0.5, 0.6) is 0 Å². The number of hydrogen-bond donors (Lipinski definition) is 3. The zero-order valence-electron chi connectivity index (χ0n) is 7.96. The van der Waals surface area contributed by atoms with Crippen LogP contribution in [0.1, 0.15) is 6.92 Å². The molecule has 0 aromatic rings. The van der Waals surface area contributed by atoms with Crippen LogP contribution in [0.4, 0.5) is 0 Å². The second-order valence-electron chi connectivity index (χ2n) is 3.07. The number of ether oxygens (including phenoxy) is 1. The summed E-state index contributed by atoms with van der Waals surface area (Å²) in [4.78, 5) is 4.05. The maximum atomic E-state index is 9.54. The van der Waals surface area contributed by atoms with Crippen LogP contribution in [0.15, 0.2) is 4.99 Å². The molecule has 0 radical (unpaired) electrons. The smallest absolute Gasteiger partial charge is 0.110 e. The number of thioether (sulfide) groups is 1. The summed E-state index contributed by atoms with van der Waals surface area (Å²) < 4.78 is 5.19. The fourth-order valence-corrected chi connectivity index (χ4v) is 1.67. The molecule has 0 saturated heterocycles. The number of nitrogens with zero attached hydrogens (tertiary/aromatic N) is 1. The van der Waals surface area contributed by atoms with E-state index in [-0.39, 0.29) is 13.2 Å². The quantitative estimate of drug-likeness (QED) is 0.540. The summed E-state index contributed by atoms with van der Waals surface area (Å²) in [5.74, 6) is 0.324. The topological polar surface area (TPSA) is 82.3 Å². The molecule has 0 aromatic carbocycles. The van der Waals surface area contributed by atoms with Gasteiger partial charge in [-0.15, -0.1) is 0 Å². The zero-order chi connectivity index (χ0) is 10.6. The molecule has 0 aliphatic carbocycles. The van der Waals surface area contributed by atoms with Crippen molar-refractivity contribution in [3.05, 3.63) is 0 Å². The molecule has 0 amide bonds. The van der Waals surface area contributed by atoms with Crippen molar-refractivity contribution in [2.75, 3.05) is 19.1 Å². The lowest BCUT2D eigenvalue weighted by atomic mass is 10.1. The molecule has 14 heavy (non-hydrogen) atoms. The van der Waals surface area contributed by atoms with Crippen molar-refractivity contribution in [3.63, 3.8) is 0 Å². The Kier molecular flexibility index (Phi) is 4.83. The third-order valence-electron chi connectivity index (χ3n) is 2.01. The lowest BCUT2D eigenvalue weighted by Crippen LogP contribution is -2.42. The van der Waals surface area contributed by atoms with Crippen molar-refractivity contribution < 1.29 is 20.1 Å². The highest BCUT2D eigenvalue weighted by Gasteiger charge is 2.27. The van der Waals surface area contributed by atoms with Gasteiger partial charge < -0.3 is 20.1 Å². The predicted octanol–water partition coefficient (Wildman–Crippen LogP) is -0.792. The van der Waals surface area contributed by atoms with Crippen LogP contribution in [0, 0.1) is 0 Å². The number of hydrogen-bond acceptors (Lipinski definition) is 6. The maximum Gasteiger partial charge on any atom is 0.110 e. The molecular weight excluding hydrogens is 206 g/mol. The normalized spacial score (nSPS) is 35.4. The fourth-order valence-electron chi connectivity index (χ4n) is 1.09. The molecule has 0 aromatic heterocycles. The molecule has 1 aliphatic rings. The van der Waals surface area contributed by atoms with E-state index < -0.39 is 18.3 Å². The van der Waals surface area contributed by atoms with Gasteiger partial charge in [-0.1, -0.05) is 11.8 Å². The van der Waals surface area contributed by atoms with Crippen LogP contribution in [0.25, 0.3) is 0 Å². The molecular formula is C8H15NO4S. The highest BCUT2D eigenvalue weighted by atomic mass is 32.2. The highest BCUT2D eigenvalue weighted by molar-refractivity contribution is 8.13. The second kappa shape index (κ2) is 5.67. The molecule has 3 N–H and O–H groups in total. The Morgan fingerprint density at radius 3 is 2.93 bits per heavy atom. The van der Waals surface area contributed by atoms with E-state index in [4.69, 9.17) is 9.84 Å². The van der Waals surface area contributed by atoms with Crippen LogP contribution < -0.4 is 0 Å². The van der Waals surface area contributed by atoms with Crippen LogP contribution >= 0.6 is 11.8 Å². The molecule has 0 bridgehead atoms. The summed E-state index contributed by atoms with van der Waals surface area (Å²) >= 11 is 1.38. The van der Waals surface area contributed by atoms with Crippen LogP contribution in [0.2, 0.25) is 0 Å². The summed E-state index contributed by atoms with van der Waals surface area (Å²) in [6.07, 6.45) is -2.81. The van der Waals surface area contributed by atoms with E-state index in [9.17, 15) is 10.2 Å². The molecule has 1 heterocycles. The Balaban J connectivity index is 2.64. The van der Waals surface area contributed by atoms with Crippen molar-refractivity contribution in [3.8, 4) is 0 Å². The molecule has 5 nitrogen and oxygen atoms in total.